The van der Waals surface area contributed by atoms with Crippen LogP contribution < -0.4 is 0 Å². The van der Waals surface area contributed by atoms with Crippen LogP contribution in [-0.4, -0.2) is 10.7 Å². The van der Waals surface area contributed by atoms with Crippen LogP contribution in [0.5, 0.6) is 0 Å². The molecule has 0 aliphatic heterocycles. The van der Waals surface area contributed by atoms with Crippen molar-refractivity contribution in [3.05, 3.63) is 11.6 Å². The van der Waals surface area contributed by atoms with Crippen LogP contribution in [0.1, 0.15) is 48.0 Å². The molecule has 0 atom stereocenters. The van der Waals surface area contributed by atoms with Gasteiger partial charge in [-0.15, -0.1) is 0 Å². The topological polar surface area (TPSA) is 20.2 Å². The normalized spacial score (nSPS) is 14.4. The summed E-state index contributed by atoms with van der Waals surface area (Å²) in [7, 11) is 0. The second kappa shape index (κ2) is 4.80. The van der Waals surface area contributed by atoms with Gasteiger partial charge in [0.25, 0.3) is 0 Å². The molecule has 1 heteroatoms. The Kier molecular flexibility index (Phi) is 4.69. The summed E-state index contributed by atoms with van der Waals surface area (Å²) in [6.45, 7) is 12.4. The molecule has 1 N–H and O–H groups in total. The van der Waals surface area contributed by atoms with E-state index in [1.807, 2.05) is 6.92 Å². The molecule has 0 saturated carbocycles. The molecule has 0 saturated heterocycles. The lowest BCUT2D eigenvalue weighted by Gasteiger charge is -2.36. The zero-order valence-electron chi connectivity index (χ0n) is 9.89. The van der Waals surface area contributed by atoms with Crippen LogP contribution >= 0.6 is 0 Å². The van der Waals surface area contributed by atoms with Crippen LogP contribution in [0.15, 0.2) is 11.6 Å². The van der Waals surface area contributed by atoms with Gasteiger partial charge < -0.3 is 5.11 Å². The lowest BCUT2D eigenvalue weighted by Crippen LogP contribution is -2.40. The average Bonchev–Trinajstić information content (AvgIpc) is 2.03. The summed E-state index contributed by atoms with van der Waals surface area (Å²) in [6.07, 6.45) is 2.87. The fourth-order valence-corrected chi connectivity index (χ4v) is 1.62. The van der Waals surface area contributed by atoms with Crippen molar-refractivity contribution in [1.29, 1.82) is 0 Å². The van der Waals surface area contributed by atoms with E-state index in [1.54, 1.807) is 0 Å². The number of hydrogen-bond donors (Lipinski definition) is 1. The Hall–Kier alpha value is -0.300. The van der Waals surface area contributed by atoms with Crippen molar-refractivity contribution in [1.82, 2.24) is 0 Å². The second-order valence-corrected chi connectivity index (χ2v) is 4.61. The Bertz CT molecular complexity index is 170. The fraction of sp³-hybridized carbons (Fsp3) is 0.833. The first-order valence-corrected chi connectivity index (χ1v) is 5.18. The maximum Gasteiger partial charge on any atom is 0.0730 e. The van der Waals surface area contributed by atoms with E-state index in [9.17, 15) is 5.11 Å². The van der Waals surface area contributed by atoms with Gasteiger partial charge in [-0.1, -0.05) is 39.3 Å². The lowest BCUT2D eigenvalue weighted by molar-refractivity contribution is -0.0461. The Balaban J connectivity index is 4.61. The molecular formula is C12H24O. The van der Waals surface area contributed by atoms with E-state index in [2.05, 4.69) is 40.7 Å². The first kappa shape index (κ1) is 12.7. The lowest BCUT2D eigenvalue weighted by atomic mass is 9.76. The van der Waals surface area contributed by atoms with Crippen LogP contribution in [0, 0.1) is 11.8 Å². The maximum atomic E-state index is 10.4. The predicted octanol–water partition coefficient (Wildman–Crippen LogP) is 3.39. The third-order valence-corrected chi connectivity index (χ3v) is 3.05. The van der Waals surface area contributed by atoms with E-state index in [0.717, 1.165) is 6.42 Å². The summed E-state index contributed by atoms with van der Waals surface area (Å²) in [5.41, 5.74) is 0.723. The highest BCUT2D eigenvalue weighted by Crippen LogP contribution is 2.32. The smallest absolute Gasteiger partial charge is 0.0730 e. The van der Waals surface area contributed by atoms with Gasteiger partial charge in [0.05, 0.1) is 5.60 Å². The Morgan fingerprint density at radius 2 is 1.62 bits per heavy atom. The highest BCUT2D eigenvalue weighted by atomic mass is 16.3. The molecule has 0 rings (SSSR count). The second-order valence-electron chi connectivity index (χ2n) is 4.61. The molecule has 0 heterocycles. The minimum atomic E-state index is -0.545. The maximum absolute atomic E-state index is 10.4. The molecule has 0 aliphatic carbocycles. The summed E-state index contributed by atoms with van der Waals surface area (Å²) in [5, 5.41) is 10.4. The predicted molar refractivity (Wildman–Crippen MR) is 58.7 cm³/mol. The number of rotatable bonds is 4. The molecule has 0 radical (unpaired) electrons. The molecule has 0 aromatic heterocycles. The van der Waals surface area contributed by atoms with E-state index >= 15 is 0 Å². The standard InChI is InChI=1S/C12H24O/c1-7-11(6)8-12(13,9(2)3)10(4)5/h7,9-10,13H,8H2,1-6H3/b11-7-. The quantitative estimate of drug-likeness (QED) is 0.664. The van der Waals surface area contributed by atoms with E-state index in [4.69, 9.17) is 0 Å². The highest BCUT2D eigenvalue weighted by molar-refractivity contribution is 5.04. The summed E-state index contributed by atoms with van der Waals surface area (Å²) in [6, 6.07) is 0. The van der Waals surface area contributed by atoms with Crippen molar-refractivity contribution in [3.63, 3.8) is 0 Å². The molecule has 0 aliphatic rings. The minimum absolute atomic E-state index is 0.308. The number of aliphatic hydroxyl groups is 1. The zero-order valence-corrected chi connectivity index (χ0v) is 9.89. The van der Waals surface area contributed by atoms with Gasteiger partial charge in [0.1, 0.15) is 0 Å². The van der Waals surface area contributed by atoms with Crippen molar-refractivity contribution < 1.29 is 5.11 Å². The largest absolute Gasteiger partial charge is 0.389 e. The molecule has 0 aromatic rings. The Morgan fingerprint density at radius 3 is 1.85 bits per heavy atom. The molecule has 0 fully saturated rings. The van der Waals surface area contributed by atoms with Crippen LogP contribution in [0.25, 0.3) is 0 Å². The molecule has 13 heavy (non-hydrogen) atoms. The summed E-state index contributed by atoms with van der Waals surface area (Å²) < 4.78 is 0. The highest BCUT2D eigenvalue weighted by Gasteiger charge is 2.34. The average molecular weight is 184 g/mol. The number of hydrogen-bond acceptors (Lipinski definition) is 1. The first-order valence-electron chi connectivity index (χ1n) is 5.18. The van der Waals surface area contributed by atoms with Gasteiger partial charge in [-0.2, -0.15) is 0 Å². The van der Waals surface area contributed by atoms with Gasteiger partial charge in [-0.25, -0.2) is 0 Å². The van der Waals surface area contributed by atoms with Crippen LogP contribution in [0.4, 0.5) is 0 Å². The van der Waals surface area contributed by atoms with Gasteiger partial charge in [0, 0.05) is 0 Å². The Morgan fingerprint density at radius 1 is 1.23 bits per heavy atom. The van der Waals surface area contributed by atoms with E-state index in [0.29, 0.717) is 11.8 Å². The van der Waals surface area contributed by atoms with Crippen molar-refractivity contribution in [2.24, 2.45) is 11.8 Å². The molecule has 1 nitrogen and oxygen atoms in total. The van der Waals surface area contributed by atoms with Gasteiger partial charge in [0.15, 0.2) is 0 Å². The molecule has 0 spiro atoms. The summed E-state index contributed by atoms with van der Waals surface area (Å²) in [4.78, 5) is 0. The monoisotopic (exact) mass is 184 g/mol. The number of allylic oxidation sites excluding steroid dienone is 1. The fourth-order valence-electron chi connectivity index (χ4n) is 1.62. The zero-order chi connectivity index (χ0) is 10.6. The van der Waals surface area contributed by atoms with Gasteiger partial charge in [-0.3, -0.25) is 0 Å². The van der Waals surface area contributed by atoms with Crippen LogP contribution in [0.2, 0.25) is 0 Å². The van der Waals surface area contributed by atoms with Crippen molar-refractivity contribution in [3.8, 4) is 0 Å². The van der Waals surface area contributed by atoms with Crippen LogP contribution in [-0.2, 0) is 0 Å². The molecule has 0 unspecified atom stereocenters. The van der Waals surface area contributed by atoms with Gasteiger partial charge >= 0.3 is 0 Å². The van der Waals surface area contributed by atoms with Crippen LogP contribution in [0.3, 0.4) is 0 Å². The minimum Gasteiger partial charge on any atom is -0.389 e. The molecule has 0 amide bonds. The third kappa shape index (κ3) is 3.15. The molecule has 0 bridgehead atoms. The van der Waals surface area contributed by atoms with E-state index in [1.165, 1.54) is 5.57 Å². The Labute approximate surface area is 82.9 Å². The van der Waals surface area contributed by atoms with Crippen molar-refractivity contribution >= 4 is 0 Å². The van der Waals surface area contributed by atoms with Gasteiger partial charge in [-0.05, 0) is 32.1 Å². The SMILES string of the molecule is C/C=C(/C)CC(O)(C(C)C)C(C)C. The summed E-state index contributed by atoms with van der Waals surface area (Å²) >= 11 is 0. The molecular weight excluding hydrogens is 160 g/mol. The summed E-state index contributed by atoms with van der Waals surface area (Å²) in [5.74, 6) is 0.616. The first-order chi connectivity index (χ1) is 5.84. The third-order valence-electron chi connectivity index (χ3n) is 3.05. The van der Waals surface area contributed by atoms with Crippen molar-refractivity contribution in [2.75, 3.05) is 0 Å². The van der Waals surface area contributed by atoms with Gasteiger partial charge in [0.2, 0.25) is 0 Å². The van der Waals surface area contributed by atoms with Crippen molar-refractivity contribution in [2.45, 2.75) is 53.6 Å². The molecule has 78 valence electrons. The van der Waals surface area contributed by atoms with E-state index < -0.39 is 5.60 Å². The van der Waals surface area contributed by atoms with E-state index in [-0.39, 0.29) is 0 Å². The molecule has 0 aromatic carbocycles.